The van der Waals surface area contributed by atoms with Gasteiger partial charge in [0.25, 0.3) is 0 Å². The van der Waals surface area contributed by atoms with Crippen LogP contribution in [0.2, 0.25) is 0 Å². The van der Waals surface area contributed by atoms with Gasteiger partial charge in [-0.25, -0.2) is 0 Å². The van der Waals surface area contributed by atoms with Gasteiger partial charge >= 0.3 is 0 Å². The van der Waals surface area contributed by atoms with Crippen LogP contribution in [0.15, 0.2) is 28.7 Å². The molecule has 106 valence electrons. The number of halogens is 1. The minimum Gasteiger partial charge on any atom is -0.319 e. The van der Waals surface area contributed by atoms with Crippen LogP contribution < -0.4 is 5.32 Å². The summed E-state index contributed by atoms with van der Waals surface area (Å²) in [5, 5.41) is 3.38. The Kier molecular flexibility index (Phi) is 5.86. The molecule has 1 saturated heterocycles. The number of rotatable bonds is 5. The molecule has 1 N–H and O–H groups in total. The van der Waals surface area contributed by atoms with E-state index in [-0.39, 0.29) is 0 Å². The highest BCUT2D eigenvalue weighted by molar-refractivity contribution is 9.10. The Morgan fingerprint density at radius 1 is 1.37 bits per heavy atom. The van der Waals surface area contributed by atoms with E-state index in [2.05, 4.69) is 64.4 Å². The van der Waals surface area contributed by atoms with Crippen LogP contribution in [0, 0.1) is 5.92 Å². The number of hydrogen-bond donors (Lipinski definition) is 1. The maximum atomic E-state index is 3.74. The Balaban J connectivity index is 2.29. The summed E-state index contributed by atoms with van der Waals surface area (Å²) in [7, 11) is 2.07. The molecule has 0 radical (unpaired) electrons. The van der Waals surface area contributed by atoms with Crippen molar-refractivity contribution >= 4 is 15.9 Å². The van der Waals surface area contributed by atoms with Crippen LogP contribution in [0.4, 0.5) is 0 Å². The van der Waals surface area contributed by atoms with Gasteiger partial charge in [-0.15, -0.1) is 0 Å². The second-order valence-corrected chi connectivity index (χ2v) is 6.32. The molecular weight excluding hydrogens is 300 g/mol. The first-order valence-electron chi connectivity index (χ1n) is 7.41. The second kappa shape index (κ2) is 7.41. The van der Waals surface area contributed by atoms with Crippen molar-refractivity contribution in [2.75, 3.05) is 26.7 Å². The highest BCUT2D eigenvalue weighted by atomic mass is 79.9. The van der Waals surface area contributed by atoms with Gasteiger partial charge in [0.15, 0.2) is 0 Å². The molecule has 1 heterocycles. The Labute approximate surface area is 125 Å². The summed E-state index contributed by atoms with van der Waals surface area (Å²) in [6, 6.07) is 9.27. The molecule has 1 aromatic carbocycles. The molecule has 0 aromatic heterocycles. The summed E-state index contributed by atoms with van der Waals surface area (Å²) in [6.07, 6.45) is 3.88. The zero-order valence-corrected chi connectivity index (χ0v) is 13.6. The van der Waals surface area contributed by atoms with Gasteiger partial charge in [0.2, 0.25) is 0 Å². The first kappa shape index (κ1) is 15.0. The van der Waals surface area contributed by atoms with Gasteiger partial charge < -0.3 is 5.32 Å². The third kappa shape index (κ3) is 3.59. The predicted molar refractivity (Wildman–Crippen MR) is 85.4 cm³/mol. The van der Waals surface area contributed by atoms with Crippen LogP contribution in [-0.2, 0) is 0 Å². The minimum absolute atomic E-state index is 0.553. The molecule has 1 aromatic rings. The van der Waals surface area contributed by atoms with E-state index >= 15 is 0 Å². The van der Waals surface area contributed by atoms with Gasteiger partial charge in [-0.05, 0) is 63.5 Å². The van der Waals surface area contributed by atoms with Crippen molar-refractivity contribution in [3.05, 3.63) is 34.3 Å². The standard InChI is InChI=1S/C16H25BrN2/c1-3-10-19-11-6-7-13(12-18-2)16(19)14-8-4-5-9-15(14)17/h4-5,8-9,13,16,18H,3,6-7,10-12H2,1-2H3. The smallest absolute Gasteiger partial charge is 0.0399 e. The Morgan fingerprint density at radius 3 is 2.84 bits per heavy atom. The van der Waals surface area contributed by atoms with Gasteiger partial charge in [-0.1, -0.05) is 41.1 Å². The van der Waals surface area contributed by atoms with E-state index in [9.17, 15) is 0 Å². The lowest BCUT2D eigenvalue weighted by atomic mass is 9.84. The summed E-state index contributed by atoms with van der Waals surface area (Å²) >= 11 is 3.74. The van der Waals surface area contributed by atoms with E-state index in [1.807, 2.05) is 0 Å². The van der Waals surface area contributed by atoms with E-state index in [4.69, 9.17) is 0 Å². The summed E-state index contributed by atoms with van der Waals surface area (Å²) in [5.74, 6) is 0.712. The number of nitrogens with zero attached hydrogens (tertiary/aromatic N) is 1. The molecule has 2 atom stereocenters. The van der Waals surface area contributed by atoms with Crippen molar-refractivity contribution in [2.24, 2.45) is 5.92 Å². The molecule has 3 heteroatoms. The molecule has 2 rings (SSSR count). The normalized spacial score (nSPS) is 24.6. The third-order valence-electron chi connectivity index (χ3n) is 4.06. The predicted octanol–water partition coefficient (Wildman–Crippen LogP) is 3.83. The highest BCUT2D eigenvalue weighted by Crippen LogP contribution is 2.38. The fraction of sp³-hybridized carbons (Fsp3) is 0.625. The van der Waals surface area contributed by atoms with Gasteiger partial charge in [0.1, 0.15) is 0 Å². The summed E-state index contributed by atoms with van der Waals surface area (Å²) < 4.78 is 1.25. The van der Waals surface area contributed by atoms with Crippen molar-refractivity contribution in [2.45, 2.75) is 32.2 Å². The Hall–Kier alpha value is -0.380. The molecule has 1 aliphatic rings. The molecule has 1 fully saturated rings. The molecule has 19 heavy (non-hydrogen) atoms. The van der Waals surface area contributed by atoms with Crippen molar-refractivity contribution in [3.8, 4) is 0 Å². The number of likely N-dealkylation sites (tertiary alicyclic amines) is 1. The molecule has 2 nitrogen and oxygen atoms in total. The van der Waals surface area contributed by atoms with Crippen LogP contribution >= 0.6 is 15.9 Å². The van der Waals surface area contributed by atoms with Gasteiger partial charge in [0.05, 0.1) is 0 Å². The number of hydrogen-bond acceptors (Lipinski definition) is 2. The molecule has 0 spiro atoms. The van der Waals surface area contributed by atoms with E-state index < -0.39 is 0 Å². The largest absolute Gasteiger partial charge is 0.319 e. The van der Waals surface area contributed by atoms with E-state index in [1.54, 1.807) is 0 Å². The van der Waals surface area contributed by atoms with E-state index in [0.29, 0.717) is 12.0 Å². The minimum atomic E-state index is 0.553. The number of piperidine rings is 1. The van der Waals surface area contributed by atoms with Gasteiger partial charge in [-0.2, -0.15) is 0 Å². The number of nitrogens with one attached hydrogen (secondary N) is 1. The van der Waals surface area contributed by atoms with Crippen molar-refractivity contribution in [3.63, 3.8) is 0 Å². The van der Waals surface area contributed by atoms with Crippen LogP contribution in [0.25, 0.3) is 0 Å². The Bertz CT molecular complexity index is 376. The monoisotopic (exact) mass is 324 g/mol. The fourth-order valence-electron chi connectivity index (χ4n) is 3.33. The van der Waals surface area contributed by atoms with Crippen LogP contribution in [0.1, 0.15) is 37.8 Å². The molecule has 0 aliphatic carbocycles. The first-order valence-corrected chi connectivity index (χ1v) is 8.20. The lowest BCUT2D eigenvalue weighted by Gasteiger charge is -2.42. The summed E-state index contributed by atoms with van der Waals surface area (Å²) in [6.45, 7) is 5.82. The molecule has 2 unspecified atom stereocenters. The molecule has 1 aliphatic heterocycles. The quantitative estimate of drug-likeness (QED) is 0.885. The average Bonchev–Trinajstić information content (AvgIpc) is 2.41. The van der Waals surface area contributed by atoms with E-state index in [0.717, 1.165) is 6.54 Å². The topological polar surface area (TPSA) is 15.3 Å². The summed E-state index contributed by atoms with van der Waals surface area (Å²) in [4.78, 5) is 2.67. The SMILES string of the molecule is CCCN1CCCC(CNC)C1c1ccccc1Br. The zero-order chi connectivity index (χ0) is 13.7. The van der Waals surface area contributed by atoms with Gasteiger partial charge in [0, 0.05) is 10.5 Å². The second-order valence-electron chi connectivity index (χ2n) is 5.46. The Morgan fingerprint density at radius 2 is 2.16 bits per heavy atom. The average molecular weight is 325 g/mol. The molecule has 0 bridgehead atoms. The molecular formula is C16H25BrN2. The van der Waals surface area contributed by atoms with E-state index in [1.165, 1.54) is 42.4 Å². The first-order chi connectivity index (χ1) is 9.27. The third-order valence-corrected chi connectivity index (χ3v) is 4.78. The fourth-order valence-corrected chi connectivity index (χ4v) is 3.85. The summed E-state index contributed by atoms with van der Waals surface area (Å²) in [5.41, 5.74) is 1.45. The van der Waals surface area contributed by atoms with Crippen LogP contribution in [0.3, 0.4) is 0 Å². The lowest BCUT2D eigenvalue weighted by Crippen LogP contribution is -2.42. The maximum Gasteiger partial charge on any atom is 0.0399 e. The molecule has 0 amide bonds. The van der Waals surface area contributed by atoms with Crippen molar-refractivity contribution in [1.82, 2.24) is 10.2 Å². The number of benzene rings is 1. The zero-order valence-electron chi connectivity index (χ0n) is 12.0. The van der Waals surface area contributed by atoms with Gasteiger partial charge in [-0.3, -0.25) is 4.90 Å². The lowest BCUT2D eigenvalue weighted by molar-refractivity contribution is 0.0919. The van der Waals surface area contributed by atoms with Crippen molar-refractivity contribution < 1.29 is 0 Å². The van der Waals surface area contributed by atoms with Crippen LogP contribution in [0.5, 0.6) is 0 Å². The maximum absolute atomic E-state index is 3.74. The van der Waals surface area contributed by atoms with Crippen molar-refractivity contribution in [1.29, 1.82) is 0 Å². The molecule has 0 saturated carbocycles. The highest BCUT2D eigenvalue weighted by Gasteiger charge is 2.32. The van der Waals surface area contributed by atoms with Crippen LogP contribution in [-0.4, -0.2) is 31.6 Å².